The SMILES string of the molecule is [2H]C1([2H])C[15N]=C(c2cccc(C3=[15N]CC([2H])([2H])O3)n2)O1. The van der Waals surface area contributed by atoms with E-state index in [2.05, 4.69) is 15.0 Å². The first-order chi connectivity index (χ1) is 9.35. The van der Waals surface area contributed by atoms with Gasteiger partial charge in [0.1, 0.15) is 24.5 Å². The van der Waals surface area contributed by atoms with Crippen molar-refractivity contribution in [3.8, 4) is 0 Å². The van der Waals surface area contributed by atoms with Gasteiger partial charge in [-0.2, -0.15) is 0 Å². The van der Waals surface area contributed by atoms with Gasteiger partial charge in [0.05, 0.1) is 18.6 Å². The maximum Gasteiger partial charge on any atom is 0.235 e. The molecule has 0 bridgehead atoms. The van der Waals surface area contributed by atoms with Gasteiger partial charge in [0.15, 0.2) is 0 Å². The maximum atomic E-state index is 7.44. The van der Waals surface area contributed by atoms with Gasteiger partial charge in [0.25, 0.3) is 0 Å². The number of aromatic nitrogens is 1. The van der Waals surface area contributed by atoms with Crippen molar-refractivity contribution >= 4 is 11.8 Å². The van der Waals surface area contributed by atoms with Crippen LogP contribution in [0.15, 0.2) is 28.2 Å². The zero-order chi connectivity index (χ0) is 14.4. The summed E-state index contributed by atoms with van der Waals surface area (Å²) in [4.78, 5) is 12.1. The summed E-state index contributed by atoms with van der Waals surface area (Å²) >= 11 is 0. The molecule has 3 rings (SSSR count). The van der Waals surface area contributed by atoms with Crippen molar-refractivity contribution in [1.29, 1.82) is 0 Å². The average molecular weight is 223 g/mol. The minimum Gasteiger partial charge on any atom is -0.474 e. The van der Waals surface area contributed by atoms with Gasteiger partial charge in [-0.05, 0) is 12.1 Å². The van der Waals surface area contributed by atoms with Crippen LogP contribution >= 0.6 is 0 Å². The fraction of sp³-hybridized carbons (Fsp3) is 0.364. The van der Waals surface area contributed by atoms with Gasteiger partial charge < -0.3 is 9.47 Å². The van der Waals surface area contributed by atoms with Crippen molar-refractivity contribution in [3.05, 3.63) is 29.6 Å². The molecule has 2 aliphatic heterocycles. The quantitative estimate of drug-likeness (QED) is 0.691. The van der Waals surface area contributed by atoms with Gasteiger partial charge in [-0.15, -0.1) is 0 Å². The van der Waals surface area contributed by atoms with Crippen LogP contribution in [0, 0.1) is 0 Å². The van der Waals surface area contributed by atoms with E-state index in [1.807, 2.05) is 0 Å². The molecule has 82 valence electrons. The summed E-state index contributed by atoms with van der Waals surface area (Å²) in [5.74, 6) is 0.247. The molecule has 0 unspecified atom stereocenters. The molecule has 0 amide bonds. The van der Waals surface area contributed by atoms with Crippen LogP contribution < -0.4 is 0 Å². The van der Waals surface area contributed by atoms with Gasteiger partial charge in [-0.25, -0.2) is 15.0 Å². The zero-order valence-corrected chi connectivity index (χ0v) is 8.30. The minimum absolute atomic E-state index is 0.0752. The maximum absolute atomic E-state index is 7.44. The first-order valence-electron chi connectivity index (χ1n) is 6.79. The van der Waals surface area contributed by atoms with E-state index in [-0.39, 0.29) is 24.9 Å². The molecule has 16 heavy (non-hydrogen) atoms. The van der Waals surface area contributed by atoms with Gasteiger partial charge in [-0.1, -0.05) is 6.07 Å². The second-order valence-corrected chi connectivity index (χ2v) is 3.14. The lowest BCUT2D eigenvalue weighted by Crippen LogP contribution is -2.09. The molecule has 0 radical (unpaired) electrons. The number of pyridine rings is 1. The zero-order valence-electron chi connectivity index (χ0n) is 12.3. The Morgan fingerprint density at radius 3 is 2.00 bits per heavy atom. The first kappa shape index (κ1) is 5.98. The molecule has 0 spiro atoms. The Balaban J connectivity index is 1.85. The van der Waals surface area contributed by atoms with Crippen molar-refractivity contribution in [2.75, 3.05) is 26.2 Å². The lowest BCUT2D eigenvalue weighted by Gasteiger charge is -2.04. The van der Waals surface area contributed by atoms with Crippen molar-refractivity contribution in [2.24, 2.45) is 9.98 Å². The number of rotatable bonds is 2. The monoisotopic (exact) mass is 223 g/mol. The second kappa shape index (κ2) is 3.92. The molecule has 0 saturated carbocycles. The normalized spacial score (nSPS) is 28.8. The predicted octanol–water partition coefficient (Wildman–Crippen LogP) is 0.635. The third-order valence-electron chi connectivity index (χ3n) is 2.10. The fourth-order valence-electron chi connectivity index (χ4n) is 1.41. The number of nitrogens with zero attached hydrogens (tertiary/aromatic N) is 3. The van der Waals surface area contributed by atoms with Gasteiger partial charge >= 0.3 is 0 Å². The Hall–Kier alpha value is -1.91. The van der Waals surface area contributed by atoms with E-state index in [1.165, 1.54) is 0 Å². The second-order valence-electron chi connectivity index (χ2n) is 3.14. The Morgan fingerprint density at radius 2 is 1.56 bits per heavy atom. The number of hydrogen-bond acceptors (Lipinski definition) is 5. The van der Waals surface area contributed by atoms with Crippen LogP contribution in [0.25, 0.3) is 0 Å². The van der Waals surface area contributed by atoms with Crippen LogP contribution in [-0.4, -0.2) is 43.0 Å². The Kier molecular flexibility index (Phi) is 1.47. The third-order valence-corrected chi connectivity index (χ3v) is 2.10. The molecule has 0 saturated heterocycles. The van der Waals surface area contributed by atoms with Crippen LogP contribution in [-0.2, 0) is 9.47 Å². The van der Waals surface area contributed by atoms with Crippen molar-refractivity contribution in [1.82, 2.24) is 4.98 Å². The van der Waals surface area contributed by atoms with Crippen LogP contribution in [0.4, 0.5) is 0 Å². The summed E-state index contributed by atoms with van der Waals surface area (Å²) in [5, 5.41) is 0. The van der Waals surface area contributed by atoms with E-state index in [4.69, 9.17) is 15.0 Å². The molecule has 0 N–H and O–H groups in total. The van der Waals surface area contributed by atoms with E-state index >= 15 is 0 Å². The fourth-order valence-corrected chi connectivity index (χ4v) is 1.41. The first-order valence-corrected chi connectivity index (χ1v) is 4.79. The van der Waals surface area contributed by atoms with Gasteiger partial charge in [0.2, 0.25) is 11.8 Å². The highest BCUT2D eigenvalue weighted by Crippen LogP contribution is 2.09. The summed E-state index contributed by atoms with van der Waals surface area (Å²) in [7, 11) is 0. The highest BCUT2D eigenvalue weighted by atomic mass is 16.5. The van der Waals surface area contributed by atoms with Crippen LogP contribution in [0.5, 0.6) is 0 Å². The molecule has 3 heterocycles. The Morgan fingerprint density at radius 1 is 1.00 bits per heavy atom. The van der Waals surface area contributed by atoms with E-state index in [0.717, 1.165) is 0 Å². The molecule has 2 aliphatic rings. The third kappa shape index (κ3) is 1.64. The average Bonchev–Trinajstić information content (AvgIpc) is 2.92. The van der Waals surface area contributed by atoms with Gasteiger partial charge in [0, 0.05) is 0 Å². The molecule has 0 atom stereocenters. The standard InChI is InChI=1S/C11H11N3O2/c1-2-8(10-12-4-6-15-10)14-9(3-1)11-13-5-7-16-11/h1-3H,4-7H2/i6D2,7D2,12+1,13+1. The van der Waals surface area contributed by atoms with E-state index in [1.54, 1.807) is 18.2 Å². The van der Waals surface area contributed by atoms with Crippen LogP contribution in [0.2, 0.25) is 0 Å². The smallest absolute Gasteiger partial charge is 0.235 e. The van der Waals surface area contributed by atoms with Crippen LogP contribution in [0.1, 0.15) is 16.9 Å². The molecule has 1 aromatic rings. The summed E-state index contributed by atoms with van der Waals surface area (Å²) in [6.45, 7) is -3.78. The minimum atomic E-state index is -1.81. The van der Waals surface area contributed by atoms with Crippen molar-refractivity contribution < 1.29 is 15.0 Å². The largest absolute Gasteiger partial charge is 0.474 e. The summed E-state index contributed by atoms with van der Waals surface area (Å²) in [6.07, 6.45) is 0. The summed E-state index contributed by atoms with van der Waals surface area (Å²) < 4.78 is 39.9. The molecular formula is C11H11N3O2. The molecule has 0 fully saturated rings. The Labute approximate surface area is 98.5 Å². The Bertz CT molecular complexity index is 566. The number of hydrogen-bond donors (Lipinski definition) is 0. The predicted molar refractivity (Wildman–Crippen MR) is 58.9 cm³/mol. The molecule has 1 aromatic heterocycles. The van der Waals surface area contributed by atoms with E-state index in [0.29, 0.717) is 11.4 Å². The highest BCUT2D eigenvalue weighted by Gasteiger charge is 2.16. The number of ether oxygens (including phenoxy) is 2. The molecule has 0 aliphatic carbocycles. The van der Waals surface area contributed by atoms with Gasteiger partial charge in [-0.3, -0.25) is 0 Å². The molecule has 5 nitrogen and oxygen atoms in total. The number of aliphatic imine (C=N–C) groups is 2. The summed E-state index contributed by atoms with van der Waals surface area (Å²) in [6, 6.07) is 4.94. The molecular weight excluding hydrogens is 208 g/mol. The lowest BCUT2D eigenvalue weighted by atomic mass is 10.3. The van der Waals surface area contributed by atoms with E-state index in [9.17, 15) is 0 Å². The van der Waals surface area contributed by atoms with Crippen molar-refractivity contribution in [3.63, 3.8) is 0 Å². The molecule has 0 aromatic carbocycles. The topological polar surface area (TPSA) is 56.1 Å². The summed E-state index contributed by atoms with van der Waals surface area (Å²) in [5.41, 5.74) is 0.727. The van der Waals surface area contributed by atoms with Crippen LogP contribution in [0.3, 0.4) is 0 Å². The van der Waals surface area contributed by atoms with Crippen molar-refractivity contribution in [2.45, 2.75) is 0 Å². The molecule has 5 heteroatoms. The van der Waals surface area contributed by atoms with E-state index < -0.39 is 13.1 Å². The lowest BCUT2D eigenvalue weighted by molar-refractivity contribution is 0.345. The highest BCUT2D eigenvalue weighted by molar-refractivity contribution is 5.96.